The van der Waals surface area contributed by atoms with Gasteiger partial charge in [-0.1, -0.05) is 51.1 Å². The molecule has 8 heteroatoms. The average molecular weight is 552 g/mol. The molecule has 0 unspecified atom stereocenters. The van der Waals surface area contributed by atoms with E-state index in [0.29, 0.717) is 24.7 Å². The van der Waals surface area contributed by atoms with E-state index in [-0.39, 0.29) is 29.8 Å². The van der Waals surface area contributed by atoms with Crippen LogP contribution in [0.1, 0.15) is 76.9 Å². The molecule has 40 heavy (non-hydrogen) atoms. The summed E-state index contributed by atoms with van der Waals surface area (Å²) < 4.78 is 11.7. The zero-order chi connectivity index (χ0) is 30.1. The maximum absolute atomic E-state index is 12.6. The molecule has 3 N–H and O–H groups in total. The summed E-state index contributed by atoms with van der Waals surface area (Å²) in [5.74, 6) is 0.687. The fraction of sp³-hybridized carbons (Fsp3) is 0.469. The van der Waals surface area contributed by atoms with E-state index in [1.54, 1.807) is 18.2 Å². The van der Waals surface area contributed by atoms with Crippen LogP contribution in [0.15, 0.2) is 53.0 Å². The van der Waals surface area contributed by atoms with E-state index < -0.39 is 12.0 Å². The number of hydrogen-bond acceptors (Lipinski definition) is 6. The van der Waals surface area contributed by atoms with Crippen molar-refractivity contribution in [3.8, 4) is 5.75 Å². The second-order valence-corrected chi connectivity index (χ2v) is 12.1. The van der Waals surface area contributed by atoms with Crippen LogP contribution in [0.4, 0.5) is 0 Å². The van der Waals surface area contributed by atoms with Crippen molar-refractivity contribution in [2.75, 3.05) is 6.61 Å². The Balaban J connectivity index is 0.00000103. The molecule has 1 amide bonds. The molecule has 0 saturated carbocycles. The first kappa shape index (κ1) is 32.6. The number of carbonyl (C=O) groups is 2. The number of allylic oxidation sites excluding steroid dienone is 4. The molecule has 1 aliphatic heterocycles. The number of aliphatic carboxylic acids is 1. The molecule has 0 radical (unpaired) electrons. The van der Waals surface area contributed by atoms with Crippen LogP contribution < -0.4 is 10.5 Å². The standard InChI is InChI=1S/C28H34N2O5.C4H11N/c1-6-7-8-9-26(31)30-18-21-16-22(11-10-20(21)17-24(30)27(32)33)34-15-13-23-19(2)35-25(29-23)12-14-28(3,4)5;1-4(2,3)5/h6-12,14,16,24H,13,15,17-18H2,1-5H3,(H,32,33);5H2,1-3H3/b7-6+,9-8+,14-12+;/t24-;/m0./s1. The van der Waals surface area contributed by atoms with Crippen LogP contribution in [0, 0.1) is 12.3 Å². The van der Waals surface area contributed by atoms with E-state index >= 15 is 0 Å². The molecule has 1 aromatic heterocycles. The van der Waals surface area contributed by atoms with Crippen molar-refractivity contribution < 1.29 is 23.8 Å². The lowest BCUT2D eigenvalue weighted by molar-refractivity contribution is -0.149. The molecule has 3 rings (SSSR count). The number of nitrogens with two attached hydrogens (primary N) is 1. The van der Waals surface area contributed by atoms with E-state index in [4.69, 9.17) is 14.9 Å². The minimum Gasteiger partial charge on any atom is -0.493 e. The quantitative estimate of drug-likeness (QED) is 0.311. The Morgan fingerprint density at radius 2 is 1.85 bits per heavy atom. The van der Waals surface area contributed by atoms with Crippen LogP contribution in [0.3, 0.4) is 0 Å². The molecule has 1 atom stereocenters. The summed E-state index contributed by atoms with van der Waals surface area (Å²) in [6.07, 6.45) is 11.4. The molecule has 0 aliphatic carbocycles. The Bertz CT molecular complexity index is 1240. The van der Waals surface area contributed by atoms with Crippen molar-refractivity contribution in [1.29, 1.82) is 0 Å². The summed E-state index contributed by atoms with van der Waals surface area (Å²) in [5, 5.41) is 9.66. The summed E-state index contributed by atoms with van der Waals surface area (Å²) >= 11 is 0. The minimum atomic E-state index is -1.01. The van der Waals surface area contributed by atoms with Gasteiger partial charge in [0.1, 0.15) is 17.6 Å². The highest BCUT2D eigenvalue weighted by Gasteiger charge is 2.33. The van der Waals surface area contributed by atoms with Gasteiger partial charge in [-0.3, -0.25) is 4.79 Å². The van der Waals surface area contributed by atoms with E-state index in [1.165, 1.54) is 11.0 Å². The molecule has 2 heterocycles. The average Bonchev–Trinajstić information content (AvgIpc) is 3.19. The Labute approximate surface area is 238 Å². The van der Waals surface area contributed by atoms with Crippen molar-refractivity contribution in [2.24, 2.45) is 11.1 Å². The fourth-order valence-corrected chi connectivity index (χ4v) is 3.79. The predicted octanol–water partition coefficient (Wildman–Crippen LogP) is 5.88. The Morgan fingerprint density at radius 3 is 2.45 bits per heavy atom. The number of aryl methyl sites for hydroxylation is 1. The molecule has 0 saturated heterocycles. The fourth-order valence-electron chi connectivity index (χ4n) is 3.79. The van der Waals surface area contributed by atoms with Crippen molar-refractivity contribution in [3.63, 3.8) is 0 Å². The van der Waals surface area contributed by atoms with Gasteiger partial charge in [-0.15, -0.1) is 0 Å². The number of nitrogens with zero attached hydrogens (tertiary/aromatic N) is 2. The highest BCUT2D eigenvalue weighted by atomic mass is 16.5. The van der Waals surface area contributed by atoms with Gasteiger partial charge in [0.05, 0.1) is 12.3 Å². The van der Waals surface area contributed by atoms with E-state index in [2.05, 4.69) is 31.8 Å². The van der Waals surface area contributed by atoms with Gasteiger partial charge >= 0.3 is 5.97 Å². The smallest absolute Gasteiger partial charge is 0.326 e. The topological polar surface area (TPSA) is 119 Å². The number of fused-ring (bicyclic) bond motifs is 1. The van der Waals surface area contributed by atoms with Crippen molar-refractivity contribution in [2.45, 2.75) is 86.4 Å². The van der Waals surface area contributed by atoms with Gasteiger partial charge in [-0.25, -0.2) is 9.78 Å². The second-order valence-electron chi connectivity index (χ2n) is 12.1. The predicted molar refractivity (Wildman–Crippen MR) is 159 cm³/mol. The lowest BCUT2D eigenvalue weighted by Gasteiger charge is -2.34. The summed E-state index contributed by atoms with van der Waals surface area (Å²) in [4.78, 5) is 30.4. The first-order valence-corrected chi connectivity index (χ1v) is 13.6. The molecule has 1 aromatic carbocycles. The number of hydrogen-bond donors (Lipinski definition) is 2. The monoisotopic (exact) mass is 551 g/mol. The highest BCUT2D eigenvalue weighted by Crippen LogP contribution is 2.28. The molecule has 0 bridgehead atoms. The number of carboxylic acid groups (broad SMARTS) is 1. The maximum Gasteiger partial charge on any atom is 0.326 e. The number of aromatic nitrogens is 1. The normalized spacial score (nSPS) is 15.8. The largest absolute Gasteiger partial charge is 0.493 e. The Hall–Kier alpha value is -3.65. The summed E-state index contributed by atoms with van der Waals surface area (Å²) in [7, 11) is 0. The van der Waals surface area contributed by atoms with Crippen molar-refractivity contribution in [3.05, 3.63) is 77.1 Å². The second kappa shape index (κ2) is 14.1. The van der Waals surface area contributed by atoms with Crippen LogP contribution in [0.5, 0.6) is 5.75 Å². The molecule has 0 fully saturated rings. The number of oxazole rings is 1. The van der Waals surface area contributed by atoms with E-state index in [9.17, 15) is 14.7 Å². The third kappa shape index (κ3) is 11.2. The van der Waals surface area contributed by atoms with Gasteiger partial charge in [0.2, 0.25) is 11.8 Å². The van der Waals surface area contributed by atoms with Gasteiger partial charge in [-0.05, 0) is 69.4 Å². The lowest BCUT2D eigenvalue weighted by Crippen LogP contribution is -2.48. The number of rotatable bonds is 8. The van der Waals surface area contributed by atoms with E-state index in [1.807, 2.05) is 58.9 Å². The van der Waals surface area contributed by atoms with Crippen molar-refractivity contribution >= 4 is 18.0 Å². The molecular weight excluding hydrogens is 506 g/mol. The maximum atomic E-state index is 12.6. The van der Waals surface area contributed by atoms with Gasteiger partial charge in [0.15, 0.2) is 0 Å². The Morgan fingerprint density at radius 1 is 1.18 bits per heavy atom. The van der Waals surface area contributed by atoms with Gasteiger partial charge in [-0.2, -0.15) is 0 Å². The molecule has 8 nitrogen and oxygen atoms in total. The van der Waals surface area contributed by atoms with Gasteiger partial charge < -0.3 is 24.9 Å². The summed E-state index contributed by atoms with van der Waals surface area (Å²) in [5.41, 5.74) is 8.05. The number of carboxylic acids is 1. The third-order valence-corrected chi connectivity index (χ3v) is 5.66. The molecule has 2 aromatic rings. The SMILES string of the molecule is C/C=C/C=C/C(=O)N1Cc2cc(OCCc3nc(/C=C/C(C)(C)C)oc3C)ccc2C[C@H]1C(=O)O.CC(C)(C)N. The third-order valence-electron chi connectivity index (χ3n) is 5.66. The molecule has 1 aliphatic rings. The molecule has 218 valence electrons. The van der Waals surface area contributed by atoms with Crippen LogP contribution >= 0.6 is 0 Å². The highest BCUT2D eigenvalue weighted by molar-refractivity contribution is 5.92. The number of ether oxygens (including phenoxy) is 1. The summed E-state index contributed by atoms with van der Waals surface area (Å²) in [6, 6.07) is 4.72. The minimum absolute atomic E-state index is 0. The summed E-state index contributed by atoms with van der Waals surface area (Å²) in [6.45, 7) is 16.6. The first-order chi connectivity index (χ1) is 18.6. The molecular formula is C32H45N3O5. The first-order valence-electron chi connectivity index (χ1n) is 13.6. The number of amides is 1. The lowest BCUT2D eigenvalue weighted by atomic mass is 9.93. The number of carbonyl (C=O) groups excluding carboxylic acids is 1. The molecule has 0 spiro atoms. The van der Waals surface area contributed by atoms with E-state index in [0.717, 1.165) is 22.6 Å². The Kier molecular flexibility index (Phi) is 11.5. The van der Waals surface area contributed by atoms with Crippen LogP contribution in [0.2, 0.25) is 0 Å². The van der Waals surface area contributed by atoms with Gasteiger partial charge in [0.25, 0.3) is 0 Å². The van der Waals surface area contributed by atoms with Gasteiger partial charge in [0, 0.05) is 31.0 Å². The zero-order valence-electron chi connectivity index (χ0n) is 25.2. The zero-order valence-corrected chi connectivity index (χ0v) is 25.2. The van der Waals surface area contributed by atoms with Crippen LogP contribution in [-0.2, 0) is 29.0 Å². The number of benzene rings is 1. The van der Waals surface area contributed by atoms with Crippen LogP contribution in [0.25, 0.3) is 6.08 Å². The van der Waals surface area contributed by atoms with Crippen molar-refractivity contribution in [1.82, 2.24) is 9.88 Å². The van der Waals surface area contributed by atoms with Crippen LogP contribution in [-0.4, -0.2) is 45.1 Å².